The first-order valence-corrected chi connectivity index (χ1v) is 9.93. The molecule has 0 unspecified atom stereocenters. The predicted octanol–water partition coefficient (Wildman–Crippen LogP) is 5.80. The van der Waals surface area contributed by atoms with Gasteiger partial charge in [-0.05, 0) is 60.3 Å². The van der Waals surface area contributed by atoms with E-state index in [4.69, 9.17) is 20.5 Å². The molecule has 0 N–H and O–H groups in total. The summed E-state index contributed by atoms with van der Waals surface area (Å²) in [5.41, 5.74) is 2.22. The second-order valence-electron chi connectivity index (χ2n) is 6.35. The largest absolute Gasteiger partial charge is 0.467 e. The van der Waals surface area contributed by atoms with Gasteiger partial charge in [0, 0.05) is 21.5 Å². The zero-order chi connectivity index (χ0) is 19.5. The van der Waals surface area contributed by atoms with Crippen molar-refractivity contribution in [1.29, 1.82) is 0 Å². The summed E-state index contributed by atoms with van der Waals surface area (Å²) in [6.07, 6.45) is 1.60. The smallest absolute Gasteiger partial charge is 0.276 e. The summed E-state index contributed by atoms with van der Waals surface area (Å²) in [6.45, 7) is 2.87. The van der Waals surface area contributed by atoms with Crippen molar-refractivity contribution in [3.8, 4) is 11.3 Å². The number of nitrogens with zero attached hydrogens (tertiary/aromatic N) is 2. The van der Waals surface area contributed by atoms with Crippen LogP contribution in [0.4, 0.5) is 0 Å². The lowest BCUT2D eigenvalue weighted by molar-refractivity contribution is 0.0709. The summed E-state index contributed by atoms with van der Waals surface area (Å²) in [5.74, 6) is 1.02. The molecule has 0 saturated heterocycles. The molecule has 1 aromatic carbocycles. The highest BCUT2D eigenvalue weighted by molar-refractivity contribution is 7.10. The fraction of sp³-hybridized carbons (Fsp3) is 0.143. The second kappa shape index (κ2) is 8.04. The van der Waals surface area contributed by atoms with Crippen molar-refractivity contribution in [2.75, 3.05) is 0 Å². The van der Waals surface area contributed by atoms with Crippen molar-refractivity contribution in [2.24, 2.45) is 0 Å². The summed E-state index contributed by atoms with van der Waals surface area (Å²) < 4.78 is 10.8. The topological polar surface area (TPSA) is 59.5 Å². The van der Waals surface area contributed by atoms with Gasteiger partial charge in [-0.2, -0.15) is 0 Å². The minimum atomic E-state index is -0.215. The summed E-state index contributed by atoms with van der Waals surface area (Å²) in [7, 11) is 0. The van der Waals surface area contributed by atoms with Crippen molar-refractivity contribution >= 4 is 28.8 Å². The van der Waals surface area contributed by atoms with E-state index in [0.29, 0.717) is 29.6 Å². The van der Waals surface area contributed by atoms with E-state index in [9.17, 15) is 4.79 Å². The van der Waals surface area contributed by atoms with Crippen LogP contribution in [0, 0.1) is 6.92 Å². The first-order chi connectivity index (χ1) is 13.6. The number of amides is 1. The fourth-order valence-electron chi connectivity index (χ4n) is 2.82. The number of thiophene rings is 1. The molecule has 3 aromatic heterocycles. The number of benzene rings is 1. The number of carbonyl (C=O) groups excluding carboxylic acids is 1. The van der Waals surface area contributed by atoms with Crippen molar-refractivity contribution in [3.63, 3.8) is 0 Å². The SMILES string of the molecule is Cc1ccsc1CN(Cc1ccco1)C(=O)c1cc(-c2ccc(Cl)cc2)on1. The first-order valence-electron chi connectivity index (χ1n) is 8.67. The summed E-state index contributed by atoms with van der Waals surface area (Å²) in [4.78, 5) is 16.0. The number of hydrogen-bond acceptors (Lipinski definition) is 5. The second-order valence-corrected chi connectivity index (χ2v) is 7.79. The van der Waals surface area contributed by atoms with Crippen LogP contribution in [-0.2, 0) is 13.1 Å². The van der Waals surface area contributed by atoms with E-state index in [1.165, 1.54) is 0 Å². The highest BCUT2D eigenvalue weighted by Gasteiger charge is 2.23. The number of rotatable bonds is 6. The summed E-state index contributed by atoms with van der Waals surface area (Å²) >= 11 is 7.56. The Bertz CT molecular complexity index is 1070. The van der Waals surface area contributed by atoms with E-state index < -0.39 is 0 Å². The van der Waals surface area contributed by atoms with Crippen molar-refractivity contribution in [1.82, 2.24) is 10.1 Å². The van der Waals surface area contributed by atoms with Crippen LogP contribution in [0.2, 0.25) is 5.02 Å². The van der Waals surface area contributed by atoms with Gasteiger partial charge in [0.05, 0.1) is 19.4 Å². The molecule has 0 fully saturated rings. The molecule has 0 saturated carbocycles. The molecule has 0 aliphatic heterocycles. The maximum absolute atomic E-state index is 13.2. The van der Waals surface area contributed by atoms with Gasteiger partial charge < -0.3 is 13.8 Å². The van der Waals surface area contributed by atoms with Crippen LogP contribution in [-0.4, -0.2) is 16.0 Å². The quantitative estimate of drug-likeness (QED) is 0.401. The molecule has 0 aliphatic carbocycles. The number of hydrogen-bond donors (Lipinski definition) is 0. The number of aryl methyl sites for hydroxylation is 1. The maximum Gasteiger partial charge on any atom is 0.276 e. The number of carbonyl (C=O) groups is 1. The monoisotopic (exact) mass is 412 g/mol. The van der Waals surface area contributed by atoms with E-state index >= 15 is 0 Å². The molecular formula is C21H17ClN2O3S. The molecule has 0 spiro atoms. The molecule has 3 heterocycles. The van der Waals surface area contributed by atoms with Crippen LogP contribution < -0.4 is 0 Å². The van der Waals surface area contributed by atoms with E-state index in [1.807, 2.05) is 42.6 Å². The lowest BCUT2D eigenvalue weighted by atomic mass is 10.1. The summed E-state index contributed by atoms with van der Waals surface area (Å²) in [6, 6.07) is 14.5. The standard InChI is InChI=1S/C21H17ClN2O3S/c1-14-8-10-28-20(14)13-24(12-17-3-2-9-26-17)21(25)18-11-19(27-23-18)15-4-6-16(22)7-5-15/h2-11H,12-13H2,1H3. The zero-order valence-electron chi connectivity index (χ0n) is 15.1. The zero-order valence-corrected chi connectivity index (χ0v) is 16.7. The van der Waals surface area contributed by atoms with Gasteiger partial charge in [-0.3, -0.25) is 4.79 Å². The molecule has 28 heavy (non-hydrogen) atoms. The Labute approximate surface area is 171 Å². The van der Waals surface area contributed by atoms with Crippen molar-refractivity contribution in [3.05, 3.63) is 87.1 Å². The highest BCUT2D eigenvalue weighted by atomic mass is 35.5. The van der Waals surface area contributed by atoms with Gasteiger partial charge >= 0.3 is 0 Å². The predicted molar refractivity (Wildman–Crippen MR) is 108 cm³/mol. The van der Waals surface area contributed by atoms with Gasteiger partial charge in [-0.25, -0.2) is 0 Å². The molecule has 142 valence electrons. The Morgan fingerprint density at radius 1 is 1.18 bits per heavy atom. The van der Waals surface area contributed by atoms with E-state index in [1.54, 1.807) is 40.7 Å². The van der Waals surface area contributed by atoms with Crippen LogP contribution in [0.3, 0.4) is 0 Å². The molecule has 1 amide bonds. The third-order valence-corrected chi connectivity index (χ3v) is 5.63. The molecule has 0 radical (unpaired) electrons. The van der Waals surface area contributed by atoms with E-state index in [0.717, 1.165) is 16.0 Å². The van der Waals surface area contributed by atoms with Crippen LogP contribution in [0.25, 0.3) is 11.3 Å². The Balaban J connectivity index is 1.59. The third-order valence-electron chi connectivity index (χ3n) is 4.37. The average Bonchev–Trinajstić information content (AvgIpc) is 3.44. The molecule has 0 atom stereocenters. The maximum atomic E-state index is 13.2. The molecule has 7 heteroatoms. The summed E-state index contributed by atoms with van der Waals surface area (Å²) in [5, 5.41) is 6.65. The normalized spacial score (nSPS) is 10.9. The van der Waals surface area contributed by atoms with Gasteiger partial charge in [0.15, 0.2) is 11.5 Å². The molecule has 5 nitrogen and oxygen atoms in total. The molecule has 0 aliphatic rings. The Hall–Kier alpha value is -2.83. The average molecular weight is 413 g/mol. The molecule has 0 bridgehead atoms. The van der Waals surface area contributed by atoms with Gasteiger partial charge in [-0.15, -0.1) is 11.3 Å². The van der Waals surface area contributed by atoms with Gasteiger partial charge in [0.1, 0.15) is 5.76 Å². The van der Waals surface area contributed by atoms with Gasteiger partial charge in [0.25, 0.3) is 5.91 Å². The minimum absolute atomic E-state index is 0.215. The lowest BCUT2D eigenvalue weighted by Gasteiger charge is -2.20. The van der Waals surface area contributed by atoms with Gasteiger partial charge in [-0.1, -0.05) is 16.8 Å². The Morgan fingerprint density at radius 2 is 2.00 bits per heavy atom. The van der Waals surface area contributed by atoms with Crippen molar-refractivity contribution < 1.29 is 13.7 Å². The lowest BCUT2D eigenvalue weighted by Crippen LogP contribution is -2.30. The fourth-order valence-corrected chi connectivity index (χ4v) is 3.86. The first kappa shape index (κ1) is 18.5. The molecular weight excluding hydrogens is 396 g/mol. The number of halogens is 1. The van der Waals surface area contributed by atoms with Crippen LogP contribution in [0.1, 0.15) is 26.7 Å². The van der Waals surface area contributed by atoms with E-state index in [-0.39, 0.29) is 11.6 Å². The molecule has 4 aromatic rings. The number of aromatic nitrogens is 1. The van der Waals surface area contributed by atoms with Crippen LogP contribution in [0.5, 0.6) is 0 Å². The van der Waals surface area contributed by atoms with Crippen LogP contribution in [0.15, 0.2) is 69.1 Å². The van der Waals surface area contributed by atoms with Gasteiger partial charge in [0.2, 0.25) is 0 Å². The highest BCUT2D eigenvalue weighted by Crippen LogP contribution is 2.25. The molecule has 4 rings (SSSR count). The number of furan rings is 1. The van der Waals surface area contributed by atoms with Crippen molar-refractivity contribution in [2.45, 2.75) is 20.0 Å². The van der Waals surface area contributed by atoms with Crippen LogP contribution >= 0.6 is 22.9 Å². The Kier molecular flexibility index (Phi) is 5.32. The minimum Gasteiger partial charge on any atom is -0.467 e. The Morgan fingerprint density at radius 3 is 2.68 bits per heavy atom. The van der Waals surface area contributed by atoms with E-state index in [2.05, 4.69) is 5.16 Å². The third kappa shape index (κ3) is 4.03.